The highest BCUT2D eigenvalue weighted by molar-refractivity contribution is 4.82. The van der Waals surface area contributed by atoms with Crippen molar-refractivity contribution in [1.82, 2.24) is 10.2 Å². The Kier molecular flexibility index (Phi) is 3.45. The number of piperidine rings is 1. The molecule has 1 N–H and O–H groups in total. The second-order valence-corrected chi connectivity index (χ2v) is 5.30. The predicted octanol–water partition coefficient (Wildman–Crippen LogP) is 1.72. The Labute approximate surface area is 88.1 Å². The Morgan fingerprint density at radius 2 is 2.07 bits per heavy atom. The Bertz CT molecular complexity index is 175. The number of hydrogen-bond donors (Lipinski definition) is 1. The van der Waals surface area contributed by atoms with Crippen LogP contribution in [0.3, 0.4) is 0 Å². The number of hydrogen-bond acceptors (Lipinski definition) is 2. The summed E-state index contributed by atoms with van der Waals surface area (Å²) in [6.45, 7) is 9.97. The second kappa shape index (κ2) is 4.63. The van der Waals surface area contributed by atoms with Crippen molar-refractivity contribution in [3.63, 3.8) is 0 Å². The van der Waals surface area contributed by atoms with Gasteiger partial charge in [-0.1, -0.05) is 13.8 Å². The van der Waals surface area contributed by atoms with Gasteiger partial charge < -0.3 is 10.2 Å². The van der Waals surface area contributed by atoms with Gasteiger partial charge in [0, 0.05) is 19.1 Å². The molecule has 2 saturated heterocycles. The fraction of sp³-hybridized carbons (Fsp3) is 1.00. The molecule has 2 rings (SSSR count). The van der Waals surface area contributed by atoms with Crippen molar-refractivity contribution in [1.29, 1.82) is 0 Å². The van der Waals surface area contributed by atoms with E-state index in [1.54, 1.807) is 0 Å². The molecular weight excluding hydrogens is 172 g/mol. The van der Waals surface area contributed by atoms with Gasteiger partial charge in [0.2, 0.25) is 0 Å². The first-order valence-corrected chi connectivity index (χ1v) is 6.21. The first-order chi connectivity index (χ1) is 6.75. The molecule has 0 aliphatic carbocycles. The minimum Gasteiger partial charge on any atom is -0.313 e. The van der Waals surface area contributed by atoms with Gasteiger partial charge in [-0.05, 0) is 44.2 Å². The van der Waals surface area contributed by atoms with Crippen molar-refractivity contribution in [2.45, 2.75) is 39.2 Å². The summed E-state index contributed by atoms with van der Waals surface area (Å²) in [6.07, 6.45) is 4.17. The minimum atomic E-state index is 0.788. The average Bonchev–Trinajstić information content (AvgIpc) is 2.64. The smallest absolute Gasteiger partial charge is 0.0195 e. The molecule has 2 aliphatic heterocycles. The van der Waals surface area contributed by atoms with Gasteiger partial charge in [-0.15, -0.1) is 0 Å². The molecule has 3 atom stereocenters. The van der Waals surface area contributed by atoms with Crippen LogP contribution in [-0.2, 0) is 0 Å². The van der Waals surface area contributed by atoms with Crippen LogP contribution in [-0.4, -0.2) is 37.1 Å². The molecule has 2 fully saturated rings. The third kappa shape index (κ3) is 2.48. The van der Waals surface area contributed by atoms with E-state index in [0.29, 0.717) is 0 Å². The van der Waals surface area contributed by atoms with Crippen LogP contribution in [0.1, 0.15) is 33.1 Å². The van der Waals surface area contributed by atoms with Crippen LogP contribution in [0.2, 0.25) is 0 Å². The van der Waals surface area contributed by atoms with Crippen molar-refractivity contribution in [3.05, 3.63) is 0 Å². The first kappa shape index (κ1) is 10.4. The number of rotatable bonds is 2. The van der Waals surface area contributed by atoms with E-state index in [1.165, 1.54) is 45.4 Å². The lowest BCUT2D eigenvalue weighted by atomic mass is 9.88. The standard InChI is InChI=1S/C12H24N2/c1-10-5-7-14(8-11(10)2)9-12-4-3-6-13-12/h10-13H,3-9H2,1-2H3/t10?,11?,12-/m0/s1. The maximum absolute atomic E-state index is 3.59. The summed E-state index contributed by atoms with van der Waals surface area (Å²) in [5.41, 5.74) is 0. The first-order valence-electron chi connectivity index (χ1n) is 6.21. The summed E-state index contributed by atoms with van der Waals surface area (Å²) < 4.78 is 0. The summed E-state index contributed by atoms with van der Waals surface area (Å²) >= 11 is 0. The molecule has 2 nitrogen and oxygen atoms in total. The van der Waals surface area contributed by atoms with Crippen LogP contribution in [0, 0.1) is 11.8 Å². The number of nitrogens with one attached hydrogen (secondary N) is 1. The molecule has 2 heteroatoms. The topological polar surface area (TPSA) is 15.3 Å². The minimum absolute atomic E-state index is 0.788. The zero-order chi connectivity index (χ0) is 9.97. The highest BCUT2D eigenvalue weighted by atomic mass is 15.2. The van der Waals surface area contributed by atoms with E-state index >= 15 is 0 Å². The Hall–Kier alpha value is -0.0800. The molecule has 82 valence electrons. The lowest BCUT2D eigenvalue weighted by Crippen LogP contribution is -2.44. The third-order valence-electron chi connectivity index (χ3n) is 4.06. The van der Waals surface area contributed by atoms with E-state index in [9.17, 15) is 0 Å². The summed E-state index contributed by atoms with van der Waals surface area (Å²) in [5, 5.41) is 3.59. The van der Waals surface area contributed by atoms with Crippen molar-refractivity contribution < 1.29 is 0 Å². The zero-order valence-corrected chi connectivity index (χ0v) is 9.63. The Balaban J connectivity index is 1.75. The second-order valence-electron chi connectivity index (χ2n) is 5.30. The van der Waals surface area contributed by atoms with Crippen LogP contribution < -0.4 is 5.32 Å². The van der Waals surface area contributed by atoms with Crippen LogP contribution in [0.15, 0.2) is 0 Å². The van der Waals surface area contributed by atoms with Crippen molar-refractivity contribution in [2.75, 3.05) is 26.2 Å². The SMILES string of the molecule is CC1CCN(C[C@@H]2CCCN2)CC1C. The lowest BCUT2D eigenvalue weighted by Gasteiger charge is -2.36. The van der Waals surface area contributed by atoms with Crippen LogP contribution in [0.4, 0.5) is 0 Å². The average molecular weight is 196 g/mol. The number of nitrogens with zero attached hydrogens (tertiary/aromatic N) is 1. The molecule has 0 aromatic heterocycles. The molecule has 0 radical (unpaired) electrons. The lowest BCUT2D eigenvalue weighted by molar-refractivity contribution is 0.129. The summed E-state index contributed by atoms with van der Waals surface area (Å²) in [4.78, 5) is 2.66. The summed E-state index contributed by atoms with van der Waals surface area (Å²) in [6, 6.07) is 0.788. The van der Waals surface area contributed by atoms with Gasteiger partial charge in [-0.2, -0.15) is 0 Å². The normalized spacial score (nSPS) is 40.3. The van der Waals surface area contributed by atoms with E-state index in [2.05, 4.69) is 24.1 Å². The fourth-order valence-corrected chi connectivity index (χ4v) is 2.74. The molecule has 0 amide bonds. The van der Waals surface area contributed by atoms with Crippen molar-refractivity contribution in [3.8, 4) is 0 Å². The summed E-state index contributed by atoms with van der Waals surface area (Å²) in [5.74, 6) is 1.83. The van der Waals surface area contributed by atoms with Crippen molar-refractivity contribution >= 4 is 0 Å². The van der Waals surface area contributed by atoms with Crippen molar-refractivity contribution in [2.24, 2.45) is 11.8 Å². The maximum atomic E-state index is 3.59. The molecular formula is C12H24N2. The van der Waals surface area contributed by atoms with Crippen LogP contribution in [0.25, 0.3) is 0 Å². The molecule has 2 heterocycles. The molecule has 0 saturated carbocycles. The summed E-state index contributed by atoms with van der Waals surface area (Å²) in [7, 11) is 0. The molecule has 0 aromatic carbocycles. The van der Waals surface area contributed by atoms with Gasteiger partial charge in [0.1, 0.15) is 0 Å². The van der Waals surface area contributed by atoms with E-state index in [0.717, 1.165) is 17.9 Å². The molecule has 14 heavy (non-hydrogen) atoms. The van der Waals surface area contributed by atoms with Crippen LogP contribution in [0.5, 0.6) is 0 Å². The Morgan fingerprint density at radius 3 is 2.71 bits per heavy atom. The van der Waals surface area contributed by atoms with Gasteiger partial charge >= 0.3 is 0 Å². The van der Waals surface area contributed by atoms with Gasteiger partial charge in [0.05, 0.1) is 0 Å². The molecule has 2 unspecified atom stereocenters. The van der Waals surface area contributed by atoms with E-state index in [1.807, 2.05) is 0 Å². The predicted molar refractivity (Wildman–Crippen MR) is 60.4 cm³/mol. The third-order valence-corrected chi connectivity index (χ3v) is 4.06. The number of likely N-dealkylation sites (tertiary alicyclic amines) is 1. The van der Waals surface area contributed by atoms with Gasteiger partial charge in [-0.25, -0.2) is 0 Å². The highest BCUT2D eigenvalue weighted by Crippen LogP contribution is 2.23. The molecule has 2 aliphatic rings. The Morgan fingerprint density at radius 1 is 1.21 bits per heavy atom. The molecule has 0 bridgehead atoms. The highest BCUT2D eigenvalue weighted by Gasteiger charge is 2.25. The van der Waals surface area contributed by atoms with Gasteiger partial charge in [0.25, 0.3) is 0 Å². The fourth-order valence-electron chi connectivity index (χ4n) is 2.74. The van der Waals surface area contributed by atoms with E-state index < -0.39 is 0 Å². The largest absolute Gasteiger partial charge is 0.313 e. The van der Waals surface area contributed by atoms with Gasteiger partial charge in [-0.3, -0.25) is 0 Å². The molecule has 0 spiro atoms. The van der Waals surface area contributed by atoms with Gasteiger partial charge in [0.15, 0.2) is 0 Å². The quantitative estimate of drug-likeness (QED) is 0.723. The zero-order valence-electron chi connectivity index (χ0n) is 9.63. The maximum Gasteiger partial charge on any atom is 0.0195 e. The van der Waals surface area contributed by atoms with E-state index in [-0.39, 0.29) is 0 Å². The monoisotopic (exact) mass is 196 g/mol. The van der Waals surface area contributed by atoms with E-state index in [4.69, 9.17) is 0 Å². The van der Waals surface area contributed by atoms with Crippen LogP contribution >= 0.6 is 0 Å². The molecule has 0 aromatic rings.